The molecule has 2 N–H and O–H groups in total. The number of anilines is 2. The number of rotatable bonds is 4. The predicted octanol–water partition coefficient (Wildman–Crippen LogP) is 0.484. The number of nitrogens with zero attached hydrogens (tertiary/aromatic N) is 3. The minimum atomic E-state index is 0.706. The summed E-state index contributed by atoms with van der Waals surface area (Å²) in [5.74, 6) is 1.77. The van der Waals surface area contributed by atoms with E-state index in [2.05, 4.69) is 32.1 Å². The predicted molar refractivity (Wildman–Crippen MR) is 65.8 cm³/mol. The van der Waals surface area contributed by atoms with Crippen LogP contribution >= 0.6 is 0 Å². The number of piperazine rings is 1. The van der Waals surface area contributed by atoms with E-state index in [1.807, 2.05) is 6.08 Å². The van der Waals surface area contributed by atoms with Crippen LogP contribution < -0.4 is 15.5 Å². The van der Waals surface area contributed by atoms with Gasteiger partial charge in [0.05, 0.1) is 0 Å². The highest BCUT2D eigenvalue weighted by Gasteiger charge is 2.15. The Morgan fingerprint density at radius 2 is 2.12 bits per heavy atom. The molecule has 1 aliphatic rings. The molecule has 0 spiro atoms. The summed E-state index contributed by atoms with van der Waals surface area (Å²) in [6.07, 6.45) is 5.25. The molecule has 1 aromatic rings. The van der Waals surface area contributed by atoms with Gasteiger partial charge in [0.2, 0.25) is 0 Å². The van der Waals surface area contributed by atoms with Gasteiger partial charge in [0.1, 0.15) is 0 Å². The Hall–Kier alpha value is -1.62. The van der Waals surface area contributed by atoms with E-state index < -0.39 is 0 Å². The Balaban J connectivity index is 2.14. The summed E-state index contributed by atoms with van der Waals surface area (Å²) in [7, 11) is 0. The van der Waals surface area contributed by atoms with Crippen molar-refractivity contribution in [3.05, 3.63) is 25.0 Å². The third-order valence-electron chi connectivity index (χ3n) is 2.51. The Labute approximate surface area is 95.6 Å². The lowest BCUT2D eigenvalue weighted by atomic mass is 10.3. The molecule has 0 atom stereocenters. The molecule has 0 bridgehead atoms. The fourth-order valence-electron chi connectivity index (χ4n) is 1.73. The largest absolute Gasteiger partial charge is 0.364 e. The Morgan fingerprint density at radius 3 is 2.88 bits per heavy atom. The first-order valence-electron chi connectivity index (χ1n) is 5.53. The highest BCUT2D eigenvalue weighted by Crippen LogP contribution is 2.19. The zero-order valence-corrected chi connectivity index (χ0v) is 9.32. The van der Waals surface area contributed by atoms with Gasteiger partial charge in [0.25, 0.3) is 0 Å². The van der Waals surface area contributed by atoms with Gasteiger partial charge < -0.3 is 15.5 Å². The highest BCUT2D eigenvalue weighted by molar-refractivity contribution is 5.60. The first kappa shape index (κ1) is 10.9. The zero-order valence-electron chi connectivity index (χ0n) is 9.32. The van der Waals surface area contributed by atoms with Crippen LogP contribution in [0.5, 0.6) is 0 Å². The van der Waals surface area contributed by atoms with Crippen LogP contribution in [0.15, 0.2) is 25.0 Å². The summed E-state index contributed by atoms with van der Waals surface area (Å²) in [5, 5.41) is 6.53. The molecule has 0 aromatic carbocycles. The van der Waals surface area contributed by atoms with Crippen LogP contribution in [0, 0.1) is 0 Å². The first-order valence-corrected chi connectivity index (χ1v) is 5.53. The second-order valence-corrected chi connectivity index (χ2v) is 3.64. The van der Waals surface area contributed by atoms with Crippen molar-refractivity contribution in [2.75, 3.05) is 42.9 Å². The van der Waals surface area contributed by atoms with Gasteiger partial charge in [0.15, 0.2) is 11.6 Å². The van der Waals surface area contributed by atoms with Crippen molar-refractivity contribution in [1.29, 1.82) is 0 Å². The van der Waals surface area contributed by atoms with Crippen molar-refractivity contribution in [3.8, 4) is 0 Å². The van der Waals surface area contributed by atoms with Crippen LogP contribution in [-0.4, -0.2) is 42.7 Å². The zero-order chi connectivity index (χ0) is 11.2. The molecular weight excluding hydrogens is 202 g/mol. The molecule has 16 heavy (non-hydrogen) atoms. The SMILES string of the molecule is C=CCNc1nccnc1N1CCNCC1. The smallest absolute Gasteiger partial charge is 0.171 e. The Morgan fingerprint density at radius 1 is 1.38 bits per heavy atom. The molecule has 1 fully saturated rings. The van der Waals surface area contributed by atoms with E-state index in [1.54, 1.807) is 12.4 Å². The number of nitrogens with one attached hydrogen (secondary N) is 2. The summed E-state index contributed by atoms with van der Waals surface area (Å²) in [6, 6.07) is 0. The molecule has 86 valence electrons. The molecule has 0 radical (unpaired) electrons. The second kappa shape index (κ2) is 5.46. The van der Waals surface area contributed by atoms with Gasteiger partial charge in [-0.2, -0.15) is 0 Å². The van der Waals surface area contributed by atoms with Gasteiger partial charge in [0, 0.05) is 45.1 Å². The van der Waals surface area contributed by atoms with Gasteiger partial charge in [-0.15, -0.1) is 6.58 Å². The van der Waals surface area contributed by atoms with E-state index in [0.717, 1.165) is 37.8 Å². The quantitative estimate of drug-likeness (QED) is 0.722. The number of hydrogen-bond donors (Lipinski definition) is 2. The van der Waals surface area contributed by atoms with E-state index in [9.17, 15) is 0 Å². The van der Waals surface area contributed by atoms with Crippen molar-refractivity contribution in [2.24, 2.45) is 0 Å². The summed E-state index contributed by atoms with van der Waals surface area (Å²) >= 11 is 0. The van der Waals surface area contributed by atoms with Crippen molar-refractivity contribution in [2.45, 2.75) is 0 Å². The Kier molecular flexibility index (Phi) is 3.71. The summed E-state index contributed by atoms with van der Waals surface area (Å²) < 4.78 is 0. The molecule has 1 saturated heterocycles. The molecule has 2 heterocycles. The summed E-state index contributed by atoms with van der Waals surface area (Å²) in [5.41, 5.74) is 0. The van der Waals surface area contributed by atoms with Crippen molar-refractivity contribution in [1.82, 2.24) is 15.3 Å². The molecule has 0 amide bonds. The van der Waals surface area contributed by atoms with E-state index in [4.69, 9.17) is 0 Å². The molecule has 5 heteroatoms. The van der Waals surface area contributed by atoms with Gasteiger partial charge in [-0.05, 0) is 0 Å². The topological polar surface area (TPSA) is 53.1 Å². The number of aromatic nitrogens is 2. The van der Waals surface area contributed by atoms with E-state index in [-0.39, 0.29) is 0 Å². The van der Waals surface area contributed by atoms with Crippen molar-refractivity contribution in [3.63, 3.8) is 0 Å². The van der Waals surface area contributed by atoms with E-state index in [1.165, 1.54) is 0 Å². The lowest BCUT2D eigenvalue weighted by Crippen LogP contribution is -2.44. The van der Waals surface area contributed by atoms with Crippen LogP contribution in [0.3, 0.4) is 0 Å². The average molecular weight is 219 g/mol. The van der Waals surface area contributed by atoms with Crippen LogP contribution in [0.4, 0.5) is 11.6 Å². The first-order chi connectivity index (χ1) is 7.92. The maximum atomic E-state index is 4.39. The van der Waals surface area contributed by atoms with Crippen LogP contribution in [-0.2, 0) is 0 Å². The normalized spacial score (nSPS) is 15.9. The maximum Gasteiger partial charge on any atom is 0.171 e. The fraction of sp³-hybridized carbons (Fsp3) is 0.455. The lowest BCUT2D eigenvalue weighted by Gasteiger charge is -2.29. The molecule has 0 saturated carbocycles. The monoisotopic (exact) mass is 219 g/mol. The van der Waals surface area contributed by atoms with Crippen molar-refractivity contribution >= 4 is 11.6 Å². The van der Waals surface area contributed by atoms with Crippen LogP contribution in [0.25, 0.3) is 0 Å². The fourth-order valence-corrected chi connectivity index (χ4v) is 1.73. The second-order valence-electron chi connectivity index (χ2n) is 3.64. The van der Waals surface area contributed by atoms with Crippen LogP contribution in [0.2, 0.25) is 0 Å². The molecular formula is C11H17N5. The molecule has 5 nitrogen and oxygen atoms in total. The summed E-state index contributed by atoms with van der Waals surface area (Å²) in [6.45, 7) is 8.33. The molecule has 0 aliphatic carbocycles. The average Bonchev–Trinajstić information content (AvgIpc) is 2.38. The minimum Gasteiger partial charge on any atom is -0.364 e. The number of hydrogen-bond acceptors (Lipinski definition) is 5. The van der Waals surface area contributed by atoms with E-state index >= 15 is 0 Å². The van der Waals surface area contributed by atoms with Gasteiger partial charge >= 0.3 is 0 Å². The van der Waals surface area contributed by atoms with E-state index in [0.29, 0.717) is 6.54 Å². The van der Waals surface area contributed by atoms with Crippen LogP contribution in [0.1, 0.15) is 0 Å². The third-order valence-corrected chi connectivity index (χ3v) is 2.51. The molecule has 0 unspecified atom stereocenters. The third kappa shape index (κ3) is 2.49. The molecule has 1 aromatic heterocycles. The summed E-state index contributed by atoms with van der Waals surface area (Å²) in [4.78, 5) is 10.9. The highest BCUT2D eigenvalue weighted by atomic mass is 15.3. The lowest BCUT2D eigenvalue weighted by molar-refractivity contribution is 0.585. The van der Waals surface area contributed by atoms with Gasteiger partial charge in [-0.25, -0.2) is 9.97 Å². The molecule has 2 rings (SSSR count). The Bertz CT molecular complexity index is 346. The van der Waals surface area contributed by atoms with Crippen molar-refractivity contribution < 1.29 is 0 Å². The standard InChI is InChI=1S/C11H17N5/c1-2-3-13-10-11(15-5-4-14-10)16-8-6-12-7-9-16/h2,4-5,12H,1,3,6-9H2,(H,13,14). The van der Waals surface area contributed by atoms with Gasteiger partial charge in [-0.3, -0.25) is 0 Å². The molecule has 1 aliphatic heterocycles. The maximum absolute atomic E-state index is 4.39. The minimum absolute atomic E-state index is 0.706. The van der Waals surface area contributed by atoms with Gasteiger partial charge in [-0.1, -0.05) is 6.08 Å².